The van der Waals surface area contributed by atoms with Crippen molar-refractivity contribution in [1.29, 1.82) is 0 Å². The molecule has 0 aliphatic carbocycles. The zero-order chi connectivity index (χ0) is 18.1. The van der Waals surface area contributed by atoms with Gasteiger partial charge in [-0.25, -0.2) is 10.2 Å². The lowest BCUT2D eigenvalue weighted by molar-refractivity contribution is 0.475. The maximum Gasteiger partial charge on any atom is 0.332 e. The third-order valence-corrected chi connectivity index (χ3v) is 3.94. The van der Waals surface area contributed by atoms with Crippen LogP contribution in [-0.2, 0) is 20.6 Å². The van der Waals surface area contributed by atoms with Gasteiger partial charge in [0.25, 0.3) is 5.56 Å². The second-order valence-corrected chi connectivity index (χ2v) is 5.52. The van der Waals surface area contributed by atoms with Crippen LogP contribution in [0, 0.1) is 0 Å². The Labute approximate surface area is 142 Å². The smallest absolute Gasteiger partial charge is 0.332 e. The monoisotopic (exact) mass is 342 g/mol. The van der Waals surface area contributed by atoms with Gasteiger partial charge in [0.05, 0.1) is 6.21 Å². The fraction of sp³-hybridized carbons (Fsp3) is 0.250. The molecule has 2 N–H and O–H groups in total. The van der Waals surface area contributed by atoms with E-state index in [4.69, 9.17) is 0 Å². The molecule has 130 valence electrons. The van der Waals surface area contributed by atoms with Crippen molar-refractivity contribution in [3.63, 3.8) is 0 Å². The summed E-state index contributed by atoms with van der Waals surface area (Å²) >= 11 is 0. The van der Waals surface area contributed by atoms with Gasteiger partial charge in [-0.1, -0.05) is 0 Å². The number of phenols is 1. The van der Waals surface area contributed by atoms with E-state index in [2.05, 4.69) is 15.5 Å². The topological polar surface area (TPSA) is 106 Å². The lowest BCUT2D eigenvalue weighted by Crippen LogP contribution is -2.37. The van der Waals surface area contributed by atoms with Gasteiger partial charge in [0.1, 0.15) is 5.75 Å². The highest BCUT2D eigenvalue weighted by atomic mass is 16.3. The number of imidazole rings is 1. The van der Waals surface area contributed by atoms with E-state index in [1.807, 2.05) is 6.92 Å². The molecule has 2 heterocycles. The zero-order valence-corrected chi connectivity index (χ0v) is 14.1. The van der Waals surface area contributed by atoms with Crippen LogP contribution in [0.3, 0.4) is 0 Å². The van der Waals surface area contributed by atoms with Crippen LogP contribution in [0.1, 0.15) is 12.5 Å². The number of benzene rings is 1. The second-order valence-electron chi connectivity index (χ2n) is 5.52. The third-order valence-electron chi connectivity index (χ3n) is 3.94. The van der Waals surface area contributed by atoms with Crippen molar-refractivity contribution in [2.75, 3.05) is 5.43 Å². The third kappa shape index (κ3) is 2.80. The quantitative estimate of drug-likeness (QED) is 0.533. The number of hydrazone groups is 1. The first kappa shape index (κ1) is 16.5. The maximum absolute atomic E-state index is 12.4. The number of nitrogens with one attached hydrogen (secondary N) is 1. The second kappa shape index (κ2) is 6.27. The molecule has 9 heteroatoms. The molecule has 0 amide bonds. The molecule has 0 bridgehead atoms. The fourth-order valence-electron chi connectivity index (χ4n) is 2.56. The molecule has 0 radical (unpaired) electrons. The number of aromatic nitrogens is 4. The number of hydrogen-bond acceptors (Lipinski definition) is 6. The van der Waals surface area contributed by atoms with Crippen LogP contribution in [0.2, 0.25) is 0 Å². The SMILES string of the molecule is CCn1c(NN=Cc2ccc(O)cc2)nc2c1c(=O)n(C)c(=O)n2C. The Hall–Kier alpha value is -3.36. The number of hydrogen-bond donors (Lipinski definition) is 2. The largest absolute Gasteiger partial charge is 0.508 e. The van der Waals surface area contributed by atoms with Crippen molar-refractivity contribution in [3.05, 3.63) is 50.7 Å². The summed E-state index contributed by atoms with van der Waals surface area (Å²) in [6.07, 6.45) is 1.57. The summed E-state index contributed by atoms with van der Waals surface area (Å²) in [5.41, 5.74) is 3.40. The zero-order valence-electron chi connectivity index (χ0n) is 14.1. The number of aromatic hydroxyl groups is 1. The summed E-state index contributed by atoms with van der Waals surface area (Å²) in [6.45, 7) is 2.36. The van der Waals surface area contributed by atoms with E-state index >= 15 is 0 Å². The summed E-state index contributed by atoms with van der Waals surface area (Å²) in [5.74, 6) is 0.542. The molecule has 0 aliphatic rings. The van der Waals surface area contributed by atoms with E-state index in [0.29, 0.717) is 23.7 Å². The molecule has 25 heavy (non-hydrogen) atoms. The summed E-state index contributed by atoms with van der Waals surface area (Å²) in [7, 11) is 3.01. The van der Waals surface area contributed by atoms with Gasteiger partial charge in [0.2, 0.25) is 5.95 Å². The number of fused-ring (bicyclic) bond motifs is 1. The Morgan fingerprint density at radius 3 is 2.52 bits per heavy atom. The molecule has 3 aromatic rings. The van der Waals surface area contributed by atoms with Gasteiger partial charge in [-0.05, 0) is 36.8 Å². The van der Waals surface area contributed by atoms with Gasteiger partial charge < -0.3 is 9.67 Å². The van der Waals surface area contributed by atoms with Gasteiger partial charge in [0, 0.05) is 20.6 Å². The molecule has 0 atom stereocenters. The summed E-state index contributed by atoms with van der Waals surface area (Å²) in [6, 6.07) is 6.54. The molecule has 9 nitrogen and oxygen atoms in total. The molecule has 0 spiro atoms. The van der Waals surface area contributed by atoms with Crippen molar-refractivity contribution in [1.82, 2.24) is 18.7 Å². The van der Waals surface area contributed by atoms with Gasteiger partial charge in [-0.2, -0.15) is 10.1 Å². The summed E-state index contributed by atoms with van der Waals surface area (Å²) in [5, 5.41) is 13.4. The summed E-state index contributed by atoms with van der Waals surface area (Å²) < 4.78 is 4.06. The predicted molar refractivity (Wildman–Crippen MR) is 95.2 cm³/mol. The van der Waals surface area contributed by atoms with Crippen molar-refractivity contribution in [2.24, 2.45) is 19.2 Å². The van der Waals surface area contributed by atoms with Crippen LogP contribution in [0.5, 0.6) is 5.75 Å². The van der Waals surface area contributed by atoms with Crippen LogP contribution < -0.4 is 16.7 Å². The molecule has 0 fully saturated rings. The first-order valence-electron chi connectivity index (χ1n) is 7.68. The molecule has 3 rings (SSSR count). The van der Waals surface area contributed by atoms with Crippen molar-refractivity contribution >= 4 is 23.3 Å². The minimum Gasteiger partial charge on any atom is -0.508 e. The molecule has 0 aliphatic heterocycles. The van der Waals surface area contributed by atoms with Gasteiger partial charge in [-0.15, -0.1) is 0 Å². The van der Waals surface area contributed by atoms with E-state index in [-0.39, 0.29) is 5.75 Å². The minimum absolute atomic E-state index is 0.176. The van der Waals surface area contributed by atoms with Crippen molar-refractivity contribution in [2.45, 2.75) is 13.5 Å². The molecule has 1 aromatic carbocycles. The lowest BCUT2D eigenvalue weighted by atomic mass is 10.2. The van der Waals surface area contributed by atoms with Crippen molar-refractivity contribution < 1.29 is 5.11 Å². The summed E-state index contributed by atoms with van der Waals surface area (Å²) in [4.78, 5) is 28.8. The van der Waals surface area contributed by atoms with E-state index in [1.54, 1.807) is 42.1 Å². The lowest BCUT2D eigenvalue weighted by Gasteiger charge is -2.05. The molecule has 0 saturated carbocycles. The molecule has 0 unspecified atom stereocenters. The predicted octanol–water partition coefficient (Wildman–Crippen LogP) is 0.605. The van der Waals surface area contributed by atoms with Gasteiger partial charge in [-0.3, -0.25) is 13.9 Å². The highest BCUT2D eigenvalue weighted by molar-refractivity contribution is 5.80. The number of nitrogens with zero attached hydrogens (tertiary/aromatic N) is 5. The fourth-order valence-corrected chi connectivity index (χ4v) is 2.56. The van der Waals surface area contributed by atoms with Crippen LogP contribution >= 0.6 is 0 Å². The minimum atomic E-state index is -0.433. The average Bonchev–Trinajstić information content (AvgIpc) is 2.98. The van der Waals surface area contributed by atoms with Crippen molar-refractivity contribution in [3.8, 4) is 5.75 Å². The molecular formula is C16H18N6O3. The van der Waals surface area contributed by atoms with E-state index < -0.39 is 11.2 Å². The maximum atomic E-state index is 12.4. The Balaban J connectivity index is 2.03. The van der Waals surface area contributed by atoms with Crippen LogP contribution in [0.15, 0.2) is 39.0 Å². The Morgan fingerprint density at radius 1 is 1.20 bits per heavy atom. The van der Waals surface area contributed by atoms with Gasteiger partial charge in [0.15, 0.2) is 11.2 Å². The highest BCUT2D eigenvalue weighted by Gasteiger charge is 2.17. The van der Waals surface area contributed by atoms with Crippen LogP contribution in [0.4, 0.5) is 5.95 Å². The van der Waals surface area contributed by atoms with E-state index in [0.717, 1.165) is 10.1 Å². The number of aryl methyl sites for hydroxylation is 2. The number of anilines is 1. The first-order chi connectivity index (χ1) is 11.9. The first-order valence-corrected chi connectivity index (χ1v) is 7.68. The molecule has 0 saturated heterocycles. The van der Waals surface area contributed by atoms with E-state index in [1.165, 1.54) is 11.6 Å². The Bertz CT molecular complexity index is 1070. The number of phenolic OH excluding ortho intramolecular Hbond substituents is 1. The normalized spacial score (nSPS) is 11.5. The average molecular weight is 342 g/mol. The van der Waals surface area contributed by atoms with Crippen LogP contribution in [-0.4, -0.2) is 30.0 Å². The Kier molecular flexibility index (Phi) is 4.14. The van der Waals surface area contributed by atoms with Gasteiger partial charge >= 0.3 is 5.69 Å². The number of rotatable bonds is 4. The molecule has 2 aromatic heterocycles. The Morgan fingerprint density at radius 2 is 1.88 bits per heavy atom. The van der Waals surface area contributed by atoms with Crippen LogP contribution in [0.25, 0.3) is 11.2 Å². The highest BCUT2D eigenvalue weighted by Crippen LogP contribution is 2.15. The molecular weight excluding hydrogens is 324 g/mol. The standard InChI is InChI=1S/C16H18N6O3/c1-4-22-12-13(20(2)16(25)21(3)14(12)24)18-15(22)19-17-9-10-5-7-11(23)8-6-10/h5-9,23H,4H2,1-3H3,(H,18,19). The van der Waals surface area contributed by atoms with E-state index in [9.17, 15) is 14.7 Å².